The fourth-order valence-corrected chi connectivity index (χ4v) is 8.70. The van der Waals surface area contributed by atoms with Crippen molar-refractivity contribution in [1.29, 1.82) is 0 Å². The highest BCUT2D eigenvalue weighted by Crippen LogP contribution is 2.34. The summed E-state index contributed by atoms with van der Waals surface area (Å²) in [6, 6.07) is 13.9. The van der Waals surface area contributed by atoms with Crippen molar-refractivity contribution in [3.05, 3.63) is 59.7 Å². The third kappa shape index (κ3) is 12.9. The van der Waals surface area contributed by atoms with Crippen LogP contribution in [0.4, 0.5) is 24.5 Å². The maximum Gasteiger partial charge on any atom is 0.422 e. The van der Waals surface area contributed by atoms with Gasteiger partial charge in [0.1, 0.15) is 0 Å². The van der Waals surface area contributed by atoms with Crippen molar-refractivity contribution < 1.29 is 46.7 Å². The number of nitrogens with two attached hydrogens (primary N) is 1. The summed E-state index contributed by atoms with van der Waals surface area (Å²) in [5.74, 6) is -4.82. The van der Waals surface area contributed by atoms with Crippen LogP contribution in [0, 0.1) is 11.8 Å². The molecule has 19 heteroatoms. The molecule has 358 valence electrons. The van der Waals surface area contributed by atoms with Crippen LogP contribution >= 0.6 is 0 Å². The number of nitrogens with zero attached hydrogens (tertiary/aromatic N) is 8. The van der Waals surface area contributed by atoms with Gasteiger partial charge in [-0.25, -0.2) is 4.79 Å². The molecule has 4 heterocycles. The number of likely N-dealkylation sites (N-methyl/N-ethyl adjacent to an activating group) is 2. The Morgan fingerprint density at radius 1 is 0.615 bits per heavy atom. The molecule has 0 aliphatic carbocycles. The van der Waals surface area contributed by atoms with Crippen LogP contribution in [0.3, 0.4) is 0 Å². The first-order chi connectivity index (χ1) is 30.6. The minimum Gasteiger partial charge on any atom is -0.449 e. The number of halogens is 3. The number of ether oxygens (including phenoxy) is 1. The normalized spacial score (nSPS) is 22.4. The van der Waals surface area contributed by atoms with Gasteiger partial charge in [-0.2, -0.15) is 13.2 Å². The van der Waals surface area contributed by atoms with Crippen LogP contribution < -0.4 is 15.5 Å². The zero-order valence-corrected chi connectivity index (χ0v) is 38.9. The van der Waals surface area contributed by atoms with Crippen molar-refractivity contribution in [1.82, 2.24) is 29.4 Å². The van der Waals surface area contributed by atoms with Crippen molar-refractivity contribution in [2.75, 3.05) is 109 Å². The molecule has 2 aromatic carbocycles. The van der Waals surface area contributed by atoms with Crippen molar-refractivity contribution in [3.63, 3.8) is 0 Å². The Labute approximate surface area is 380 Å². The average Bonchev–Trinajstić information content (AvgIpc) is 3.27. The zero-order valence-electron chi connectivity index (χ0n) is 38.9. The second-order valence-corrected chi connectivity index (χ2v) is 18.3. The summed E-state index contributed by atoms with van der Waals surface area (Å²) in [6.45, 7) is 17.2. The zero-order chi connectivity index (χ0) is 47.9. The van der Waals surface area contributed by atoms with E-state index >= 15 is 0 Å². The average molecular weight is 914 g/mol. The molecular weight excluding hydrogens is 848 g/mol. The van der Waals surface area contributed by atoms with Gasteiger partial charge in [0.2, 0.25) is 11.8 Å². The first kappa shape index (κ1) is 50.6. The molecule has 65 heavy (non-hydrogen) atoms. The Morgan fingerprint density at radius 3 is 1.35 bits per heavy atom. The lowest BCUT2D eigenvalue weighted by atomic mass is 9.97. The molecule has 4 aliphatic heterocycles. The number of hydrogen-bond donors (Lipinski definition) is 1. The number of carbonyl (C=O) groups is 6. The number of amides is 5. The summed E-state index contributed by atoms with van der Waals surface area (Å²) in [7, 11) is 4.17. The number of hydrogen-bond acceptors (Lipinski definition) is 11. The van der Waals surface area contributed by atoms with Gasteiger partial charge >= 0.3 is 29.9 Å². The first-order valence-electron chi connectivity index (χ1n) is 22.4. The Morgan fingerprint density at radius 2 is 1.00 bits per heavy atom. The predicted molar refractivity (Wildman–Crippen MR) is 239 cm³/mol. The van der Waals surface area contributed by atoms with Crippen molar-refractivity contribution >= 4 is 46.9 Å². The number of carbonyl (C=O) groups excluding carboxylic acids is 6. The molecule has 16 nitrogen and oxygen atoms in total. The molecule has 0 radical (unpaired) electrons. The SMILES string of the molecule is CC(C)C(=O)N1C[C@H](c2cccc(N3CCN(C)CC3)c2)N(C(=O)C(=O)OCC(F)(F)F)C[C@H]1C.CC(C)C(=O)N1C[C@H](c2cccc(N3CCN(C)CC3)c2)N(C(=O)C(N)=O)C[C@H]1C. The van der Waals surface area contributed by atoms with E-state index in [2.05, 4.69) is 50.6 Å². The van der Waals surface area contributed by atoms with E-state index in [9.17, 15) is 41.9 Å². The number of benzene rings is 2. The fourth-order valence-electron chi connectivity index (χ4n) is 8.70. The summed E-state index contributed by atoms with van der Waals surface area (Å²) in [5, 5.41) is 0. The standard InChI is InChI=1S/C24H33F3N4O4.C22H33N5O3/c1-16(2)21(32)30-14-20(18-6-5-7-19(12-18)29-10-8-28(4)9-11-29)31(13-17(30)3)22(33)23(34)35-15-24(25,26)27;1-15(2)21(29)26-14-19(27(13-16(26)3)22(30)20(23)28)17-6-5-7-18(12-17)25-10-8-24(4)9-11-25/h5-7,12,16-17,20H,8-11,13-15H2,1-4H3;5-7,12,15-16,19H,8-11,13-14H2,1-4H3,(H2,23,28)/t17-,20-;16-,19-/m11/s1. The van der Waals surface area contributed by atoms with Crippen LogP contribution in [0.1, 0.15) is 64.8 Å². The van der Waals surface area contributed by atoms with Crippen molar-refractivity contribution in [2.24, 2.45) is 17.6 Å². The summed E-state index contributed by atoms with van der Waals surface area (Å²) in [6.07, 6.45) is -4.73. The maximum atomic E-state index is 12.9. The van der Waals surface area contributed by atoms with Crippen molar-refractivity contribution in [2.45, 2.75) is 71.9 Å². The third-order valence-corrected chi connectivity index (χ3v) is 12.6. The maximum absolute atomic E-state index is 12.9. The molecule has 0 aromatic heterocycles. The van der Waals surface area contributed by atoms with Crippen LogP contribution in [0.25, 0.3) is 0 Å². The summed E-state index contributed by atoms with van der Waals surface area (Å²) < 4.78 is 41.8. The summed E-state index contributed by atoms with van der Waals surface area (Å²) >= 11 is 0. The van der Waals surface area contributed by atoms with Crippen molar-refractivity contribution in [3.8, 4) is 0 Å². The van der Waals surface area contributed by atoms with E-state index in [1.807, 2.05) is 56.0 Å². The van der Waals surface area contributed by atoms with Crippen LogP contribution in [-0.4, -0.2) is 182 Å². The minimum atomic E-state index is -4.73. The fraction of sp³-hybridized carbons (Fsp3) is 0.609. The van der Waals surface area contributed by atoms with Crippen LogP contribution in [0.5, 0.6) is 0 Å². The summed E-state index contributed by atoms with van der Waals surface area (Å²) in [4.78, 5) is 90.4. The van der Waals surface area contributed by atoms with Crippen LogP contribution in [-0.2, 0) is 33.5 Å². The smallest absolute Gasteiger partial charge is 0.422 e. The third-order valence-electron chi connectivity index (χ3n) is 12.6. The number of anilines is 2. The number of esters is 1. The predicted octanol–water partition coefficient (Wildman–Crippen LogP) is 2.98. The molecule has 6 rings (SSSR count). The lowest BCUT2D eigenvalue weighted by molar-refractivity contribution is -0.190. The Hall–Kier alpha value is -5.43. The quantitative estimate of drug-likeness (QED) is 0.321. The molecule has 0 bridgehead atoms. The molecule has 0 unspecified atom stereocenters. The number of alkyl halides is 3. The molecule has 4 fully saturated rings. The molecule has 0 spiro atoms. The molecule has 0 saturated carbocycles. The Balaban J connectivity index is 0.000000247. The Bertz CT molecular complexity index is 2020. The second-order valence-electron chi connectivity index (χ2n) is 18.3. The molecule has 2 aromatic rings. The van der Waals surface area contributed by atoms with E-state index in [0.29, 0.717) is 12.1 Å². The van der Waals surface area contributed by atoms with E-state index < -0.39 is 54.6 Å². The van der Waals surface area contributed by atoms with Gasteiger partial charge < -0.3 is 49.7 Å². The number of rotatable bonds is 7. The highest BCUT2D eigenvalue weighted by Gasteiger charge is 2.42. The number of primary amides is 1. The van der Waals surface area contributed by atoms with E-state index in [0.717, 1.165) is 69.3 Å². The van der Waals surface area contributed by atoms with Gasteiger partial charge in [0.15, 0.2) is 6.61 Å². The molecule has 4 saturated heterocycles. The largest absolute Gasteiger partial charge is 0.449 e. The lowest BCUT2D eigenvalue weighted by Gasteiger charge is -2.45. The molecular formula is C46H66F3N9O7. The van der Waals surface area contributed by atoms with E-state index in [1.165, 1.54) is 9.80 Å². The van der Waals surface area contributed by atoms with Gasteiger partial charge in [-0.3, -0.25) is 24.0 Å². The van der Waals surface area contributed by atoms with Gasteiger partial charge in [-0.1, -0.05) is 52.0 Å². The highest BCUT2D eigenvalue weighted by atomic mass is 19.4. The topological polar surface area (TPSA) is 164 Å². The van der Waals surface area contributed by atoms with Gasteiger partial charge in [-0.15, -0.1) is 0 Å². The lowest BCUT2D eigenvalue weighted by Crippen LogP contribution is -2.59. The van der Waals surface area contributed by atoms with Crippen LogP contribution in [0.15, 0.2) is 48.5 Å². The monoisotopic (exact) mass is 914 g/mol. The number of piperazine rings is 4. The molecule has 4 atom stereocenters. The van der Waals surface area contributed by atoms with E-state index in [1.54, 1.807) is 31.7 Å². The molecule has 4 aliphatic rings. The van der Waals surface area contributed by atoms with E-state index in [4.69, 9.17) is 5.73 Å². The van der Waals surface area contributed by atoms with Gasteiger partial charge in [-0.05, 0) is 63.3 Å². The second kappa shape index (κ2) is 21.7. The van der Waals surface area contributed by atoms with Gasteiger partial charge in [0, 0.05) is 114 Å². The highest BCUT2D eigenvalue weighted by molar-refractivity contribution is 6.34. The van der Waals surface area contributed by atoms with Gasteiger partial charge in [0.25, 0.3) is 0 Å². The molecule has 2 N–H and O–H groups in total. The summed E-state index contributed by atoms with van der Waals surface area (Å²) in [5.41, 5.74) is 8.98. The Kier molecular flexibility index (Phi) is 16.9. The first-order valence-corrected chi connectivity index (χ1v) is 22.4. The minimum absolute atomic E-state index is 0.00180. The molecule has 5 amide bonds. The van der Waals surface area contributed by atoms with Gasteiger partial charge in [0.05, 0.1) is 12.1 Å². The van der Waals surface area contributed by atoms with Crippen LogP contribution in [0.2, 0.25) is 0 Å². The van der Waals surface area contributed by atoms with E-state index in [-0.39, 0.29) is 49.3 Å².